The van der Waals surface area contributed by atoms with E-state index < -0.39 is 6.04 Å². The molecule has 126 valence electrons. The van der Waals surface area contributed by atoms with Gasteiger partial charge >= 0.3 is 5.97 Å². The second-order valence-electron chi connectivity index (χ2n) is 6.64. The van der Waals surface area contributed by atoms with Crippen LogP contribution in [0.1, 0.15) is 65.7 Å². The minimum atomic E-state index is -0.613. The lowest BCUT2D eigenvalue weighted by atomic mass is 9.83. The van der Waals surface area contributed by atoms with E-state index in [9.17, 15) is 4.79 Å². The summed E-state index contributed by atoms with van der Waals surface area (Å²) >= 11 is 0. The van der Waals surface area contributed by atoms with Gasteiger partial charge in [-0.1, -0.05) is 58.3 Å². The first-order chi connectivity index (χ1) is 10.6. The first kappa shape index (κ1) is 19.0. The maximum absolute atomic E-state index is 11.9. The van der Waals surface area contributed by atoms with E-state index in [0.29, 0.717) is 12.5 Å². The molecule has 22 heavy (non-hydrogen) atoms. The van der Waals surface area contributed by atoms with Crippen molar-refractivity contribution in [3.8, 4) is 0 Å². The third-order valence-electron chi connectivity index (χ3n) is 4.14. The number of esters is 1. The lowest BCUT2D eigenvalue weighted by molar-refractivity contribution is -0.146. The van der Waals surface area contributed by atoms with Crippen LogP contribution in [0.5, 0.6) is 0 Å². The molecule has 0 spiro atoms. The van der Waals surface area contributed by atoms with Crippen LogP contribution in [0.25, 0.3) is 0 Å². The van der Waals surface area contributed by atoms with Gasteiger partial charge in [0.05, 0.1) is 6.61 Å². The van der Waals surface area contributed by atoms with Crippen LogP contribution in [0, 0.1) is 11.8 Å². The zero-order valence-corrected chi connectivity index (χ0v) is 14.5. The van der Waals surface area contributed by atoms with E-state index in [0.717, 1.165) is 24.3 Å². The van der Waals surface area contributed by atoms with Crippen LogP contribution in [0.3, 0.4) is 0 Å². The summed E-state index contributed by atoms with van der Waals surface area (Å²) in [5, 5.41) is 0. The van der Waals surface area contributed by atoms with Gasteiger partial charge in [0.25, 0.3) is 0 Å². The van der Waals surface area contributed by atoms with Crippen molar-refractivity contribution >= 4 is 5.97 Å². The predicted molar refractivity (Wildman–Crippen MR) is 92.5 cm³/mol. The van der Waals surface area contributed by atoms with E-state index in [2.05, 4.69) is 26.8 Å². The third kappa shape index (κ3) is 6.78. The average molecular weight is 307 g/mol. The van der Waals surface area contributed by atoms with Gasteiger partial charge in [-0.3, -0.25) is 0 Å². The van der Waals surface area contributed by atoms with Crippen molar-refractivity contribution in [2.75, 3.05) is 6.61 Å². The zero-order valence-electron chi connectivity index (χ0n) is 14.5. The first-order valence-corrected chi connectivity index (χ1v) is 8.87. The highest BCUT2D eigenvalue weighted by molar-refractivity contribution is 5.80. The number of carbonyl (C=O) groups excluding carboxylic acids is 1. The molecular formula is C19H33NO2. The number of allylic oxidation sites excluding steroid dienone is 2. The monoisotopic (exact) mass is 307 g/mol. The number of carbonyl (C=O) groups is 1. The highest BCUT2D eigenvalue weighted by Gasteiger charge is 2.23. The molecule has 0 radical (unpaired) electrons. The van der Waals surface area contributed by atoms with Gasteiger partial charge in [-0.15, -0.1) is 0 Å². The number of ether oxygens (including phenoxy) is 1. The Bertz CT molecular complexity index is 387. The maximum atomic E-state index is 11.9. The maximum Gasteiger partial charge on any atom is 0.327 e. The van der Waals surface area contributed by atoms with Crippen molar-refractivity contribution in [1.29, 1.82) is 0 Å². The quantitative estimate of drug-likeness (QED) is 0.784. The summed E-state index contributed by atoms with van der Waals surface area (Å²) < 4.78 is 5.41. The fourth-order valence-electron chi connectivity index (χ4n) is 3.00. The topological polar surface area (TPSA) is 52.3 Å². The Labute approximate surface area is 136 Å². The van der Waals surface area contributed by atoms with Crippen molar-refractivity contribution < 1.29 is 9.53 Å². The smallest absolute Gasteiger partial charge is 0.327 e. The van der Waals surface area contributed by atoms with Crippen LogP contribution in [0.15, 0.2) is 23.8 Å². The van der Waals surface area contributed by atoms with Gasteiger partial charge in [0, 0.05) is 0 Å². The Morgan fingerprint density at radius 1 is 1.36 bits per heavy atom. The van der Waals surface area contributed by atoms with Gasteiger partial charge in [0.1, 0.15) is 6.04 Å². The first-order valence-electron chi connectivity index (χ1n) is 8.87. The highest BCUT2D eigenvalue weighted by atomic mass is 16.5. The number of rotatable bonds is 4. The molecule has 0 aliphatic heterocycles. The summed E-state index contributed by atoms with van der Waals surface area (Å²) in [4.78, 5) is 11.9. The van der Waals surface area contributed by atoms with Gasteiger partial charge in [-0.2, -0.15) is 0 Å². The Kier molecular flexibility index (Phi) is 9.14. The molecule has 0 heterocycles. The minimum absolute atomic E-state index is 0.281. The fraction of sp³-hybridized carbons (Fsp3) is 0.737. The van der Waals surface area contributed by atoms with Gasteiger partial charge < -0.3 is 10.5 Å². The summed E-state index contributed by atoms with van der Waals surface area (Å²) in [5.41, 5.74) is 6.84. The van der Waals surface area contributed by atoms with Crippen LogP contribution >= 0.6 is 0 Å². The van der Waals surface area contributed by atoms with E-state index in [1.807, 2.05) is 12.2 Å². The molecule has 2 rings (SSSR count). The molecule has 3 atom stereocenters. The molecule has 1 saturated carbocycles. The third-order valence-corrected chi connectivity index (χ3v) is 4.14. The Morgan fingerprint density at radius 3 is 2.68 bits per heavy atom. The Morgan fingerprint density at radius 2 is 2.09 bits per heavy atom. The lowest BCUT2D eigenvalue weighted by Crippen LogP contribution is -2.35. The summed E-state index contributed by atoms with van der Waals surface area (Å²) in [7, 11) is 0. The molecule has 2 aliphatic rings. The molecule has 2 aliphatic carbocycles. The van der Waals surface area contributed by atoms with Crippen molar-refractivity contribution in [3.05, 3.63) is 23.8 Å². The molecule has 2 N–H and O–H groups in total. The summed E-state index contributed by atoms with van der Waals surface area (Å²) in [6.45, 7) is 7.06. The van der Waals surface area contributed by atoms with E-state index in [4.69, 9.17) is 10.5 Å². The Balaban J connectivity index is 0.000000745. The molecule has 0 aromatic rings. The number of hydrogen-bond donors (Lipinski definition) is 1. The van der Waals surface area contributed by atoms with Crippen molar-refractivity contribution in [3.63, 3.8) is 0 Å². The van der Waals surface area contributed by atoms with Gasteiger partial charge in [-0.05, 0) is 43.1 Å². The molecule has 0 amide bonds. The molecule has 0 aromatic heterocycles. The molecule has 0 saturated heterocycles. The number of hydrogen-bond acceptors (Lipinski definition) is 3. The largest absolute Gasteiger partial charge is 0.464 e. The predicted octanol–water partition coefficient (Wildman–Crippen LogP) is 4.38. The van der Waals surface area contributed by atoms with Crippen LogP contribution < -0.4 is 5.73 Å². The highest BCUT2D eigenvalue weighted by Crippen LogP contribution is 2.28. The average Bonchev–Trinajstić information content (AvgIpc) is 2.53. The van der Waals surface area contributed by atoms with Crippen molar-refractivity contribution in [1.82, 2.24) is 0 Å². The van der Waals surface area contributed by atoms with Crippen molar-refractivity contribution in [2.24, 2.45) is 17.6 Å². The Hall–Kier alpha value is -1.09. The van der Waals surface area contributed by atoms with E-state index in [-0.39, 0.29) is 5.97 Å². The lowest BCUT2D eigenvalue weighted by Gasteiger charge is -2.26. The second-order valence-corrected chi connectivity index (χ2v) is 6.64. The van der Waals surface area contributed by atoms with E-state index in [1.165, 1.54) is 32.1 Å². The van der Waals surface area contributed by atoms with Crippen LogP contribution in [0.2, 0.25) is 0 Å². The molecule has 3 nitrogen and oxygen atoms in total. The number of nitrogens with two attached hydrogens (primary N) is 1. The molecule has 0 aromatic carbocycles. The van der Waals surface area contributed by atoms with Crippen LogP contribution in [0.4, 0.5) is 0 Å². The second kappa shape index (κ2) is 10.6. The molecule has 1 fully saturated rings. The van der Waals surface area contributed by atoms with E-state index >= 15 is 0 Å². The fourth-order valence-corrected chi connectivity index (χ4v) is 3.00. The van der Waals surface area contributed by atoms with Crippen molar-refractivity contribution in [2.45, 2.75) is 71.8 Å². The molecule has 3 heteroatoms. The molecule has 0 bridgehead atoms. The molecule has 1 unspecified atom stereocenters. The molecular weight excluding hydrogens is 274 g/mol. The SMILES string of the molecule is CCC.C[C@@H]1CCC[C@H](COC(=O)C(N)C2=CCCC=C2)C1. The zero-order chi connectivity index (χ0) is 16.4. The van der Waals surface area contributed by atoms with Gasteiger partial charge in [0.15, 0.2) is 0 Å². The normalized spacial score (nSPS) is 25.5. The summed E-state index contributed by atoms with van der Waals surface area (Å²) in [5.74, 6) is 1.00. The summed E-state index contributed by atoms with van der Waals surface area (Å²) in [6, 6.07) is -0.613. The van der Waals surface area contributed by atoms with E-state index in [1.54, 1.807) is 0 Å². The standard InChI is InChI=1S/C16H25NO2.C3H8/c1-12-6-5-7-13(10-12)11-19-16(18)15(17)14-8-3-2-4-9-14;1-3-2/h3,8-9,12-13,15H,2,4-7,10-11,17H2,1H3;3H2,1-2H3/t12-,13+,15?;/m1./s1. The minimum Gasteiger partial charge on any atom is -0.464 e. The van der Waals surface area contributed by atoms with Crippen LogP contribution in [-0.2, 0) is 9.53 Å². The summed E-state index contributed by atoms with van der Waals surface area (Å²) in [6.07, 6.45) is 14.2. The van der Waals surface area contributed by atoms with Crippen LogP contribution in [-0.4, -0.2) is 18.6 Å². The van der Waals surface area contributed by atoms with Gasteiger partial charge in [0.2, 0.25) is 0 Å². The van der Waals surface area contributed by atoms with Gasteiger partial charge in [-0.25, -0.2) is 4.79 Å².